The second kappa shape index (κ2) is 14.0. The fourth-order valence-electron chi connectivity index (χ4n) is 4.59. The number of H-pyrrole nitrogens is 1. The highest BCUT2D eigenvalue weighted by molar-refractivity contribution is 8.00. The van der Waals surface area contributed by atoms with Gasteiger partial charge in [-0.2, -0.15) is 8.78 Å². The number of hydrogen-bond acceptors (Lipinski definition) is 7. The summed E-state index contributed by atoms with van der Waals surface area (Å²) in [6, 6.07) is 13.4. The first-order chi connectivity index (χ1) is 20.3. The summed E-state index contributed by atoms with van der Waals surface area (Å²) in [6.07, 6.45) is 4.36. The number of Topliss-reactive ketones (excluding diaryl/α,β-unsaturated/α-hetero) is 1. The van der Waals surface area contributed by atoms with Crippen LogP contribution < -0.4 is 14.5 Å². The molecule has 0 bridgehead atoms. The number of alkyl halides is 2. The van der Waals surface area contributed by atoms with Gasteiger partial charge in [0.1, 0.15) is 16.1 Å². The van der Waals surface area contributed by atoms with Crippen molar-refractivity contribution >= 4 is 46.7 Å². The zero-order chi connectivity index (χ0) is 29.6. The van der Waals surface area contributed by atoms with Crippen LogP contribution in [-0.4, -0.2) is 54.1 Å². The van der Waals surface area contributed by atoms with E-state index in [2.05, 4.69) is 9.72 Å². The summed E-state index contributed by atoms with van der Waals surface area (Å²) in [7, 11) is 0. The molecule has 3 aromatic rings. The Labute approximate surface area is 256 Å². The summed E-state index contributed by atoms with van der Waals surface area (Å²) in [5.74, 6) is 0.401. The molecule has 2 heterocycles. The number of aromatic amines is 1. The Morgan fingerprint density at radius 3 is 2.48 bits per heavy atom. The molecule has 0 radical (unpaired) electrons. The molecule has 0 amide bonds. The van der Waals surface area contributed by atoms with Gasteiger partial charge in [-0.25, -0.2) is 9.78 Å². The number of hydrogen-bond donors (Lipinski definition) is 0. The van der Waals surface area contributed by atoms with E-state index in [-0.39, 0.29) is 30.2 Å². The topological polar surface area (TPSA) is 79.2 Å². The predicted molar refractivity (Wildman–Crippen MR) is 155 cm³/mol. The second-order valence-electron chi connectivity index (χ2n) is 10.1. The van der Waals surface area contributed by atoms with Gasteiger partial charge in [0.05, 0.1) is 13.2 Å². The molecular weight excluding hydrogens is 609 g/mol. The molecule has 1 aromatic heterocycles. The van der Waals surface area contributed by atoms with Gasteiger partial charge in [0.2, 0.25) is 0 Å². The standard InChI is InChI=1S/C30H28Cl2F2N2O5S/c31-22-14-35-15-23(32)21(22)13-26(20-8-9-25(41-30(33)34)27(12-20)39-17-18-6-7-18)40-29(38)28-36(10-11-42-28)16-24(37)19-4-2-1-3-5-19/h1-5,8-9,12,14-15,18,26,28,30H,6-7,10-11,13,16-17H2/p+1/t26-,28-/m0/s1. The minimum atomic E-state index is -3.03. The first-order valence-electron chi connectivity index (χ1n) is 13.5. The minimum Gasteiger partial charge on any atom is -0.489 e. The summed E-state index contributed by atoms with van der Waals surface area (Å²) in [6.45, 7) is -2.07. The lowest BCUT2D eigenvalue weighted by Crippen LogP contribution is -2.39. The van der Waals surface area contributed by atoms with Gasteiger partial charge in [-0.1, -0.05) is 59.6 Å². The Kier molecular flexibility index (Phi) is 10.2. The molecule has 0 spiro atoms. The van der Waals surface area contributed by atoms with Crippen LogP contribution in [0.5, 0.6) is 11.5 Å². The van der Waals surface area contributed by atoms with Crippen LogP contribution >= 0.6 is 35.0 Å². The number of thioether (sulfide) groups is 1. The third-order valence-corrected chi connectivity index (χ3v) is 8.90. The first-order valence-corrected chi connectivity index (χ1v) is 15.3. The van der Waals surface area contributed by atoms with E-state index >= 15 is 0 Å². The van der Waals surface area contributed by atoms with Gasteiger partial charge < -0.3 is 14.2 Å². The van der Waals surface area contributed by atoms with E-state index in [1.165, 1.54) is 17.8 Å². The minimum absolute atomic E-state index is 0.0619. The quantitative estimate of drug-likeness (QED) is 0.161. The Morgan fingerprint density at radius 2 is 1.79 bits per heavy atom. The maximum atomic E-state index is 13.6. The third-order valence-electron chi connectivity index (χ3n) is 7.00. The van der Waals surface area contributed by atoms with Gasteiger partial charge in [-0.05, 0) is 36.5 Å². The molecule has 1 N–H and O–H groups in total. The maximum absolute atomic E-state index is 13.6. The van der Waals surface area contributed by atoms with Crippen LogP contribution in [0.2, 0.25) is 10.0 Å². The molecule has 222 valence electrons. The number of aromatic nitrogens is 1. The molecule has 1 saturated heterocycles. The van der Waals surface area contributed by atoms with Crippen LogP contribution in [0.15, 0.2) is 60.9 Å². The lowest BCUT2D eigenvalue weighted by atomic mass is 10.0. The van der Waals surface area contributed by atoms with Crippen molar-refractivity contribution in [2.24, 2.45) is 5.92 Å². The second-order valence-corrected chi connectivity index (χ2v) is 12.1. The van der Waals surface area contributed by atoms with E-state index in [0.717, 1.165) is 12.8 Å². The van der Waals surface area contributed by atoms with Crippen molar-refractivity contribution < 1.29 is 37.6 Å². The average Bonchev–Trinajstić information content (AvgIpc) is 3.69. The number of benzene rings is 2. The molecule has 42 heavy (non-hydrogen) atoms. The van der Waals surface area contributed by atoms with Gasteiger partial charge in [-0.3, -0.25) is 9.69 Å². The van der Waals surface area contributed by atoms with Gasteiger partial charge >= 0.3 is 12.6 Å². The van der Waals surface area contributed by atoms with Crippen molar-refractivity contribution in [3.63, 3.8) is 0 Å². The summed E-state index contributed by atoms with van der Waals surface area (Å²) < 4.78 is 42.9. The summed E-state index contributed by atoms with van der Waals surface area (Å²) >= 11 is 14.3. The van der Waals surface area contributed by atoms with E-state index in [1.807, 2.05) is 6.07 Å². The molecular formula is C30H29Cl2F2N2O5S+. The SMILES string of the molecule is O=C(CN1CCS[C@H]1C(=O)O[C@@H](Cc1c(Cl)c[nH+]cc1Cl)c1ccc(OC(F)F)c(OCC2CC2)c1)c1ccccc1. The van der Waals surface area contributed by atoms with Crippen molar-refractivity contribution in [3.05, 3.63) is 87.7 Å². The zero-order valence-electron chi connectivity index (χ0n) is 22.4. The molecule has 1 aliphatic carbocycles. The molecule has 7 nitrogen and oxygen atoms in total. The van der Waals surface area contributed by atoms with Crippen LogP contribution in [0.25, 0.3) is 0 Å². The third kappa shape index (κ3) is 7.92. The number of halogens is 4. The molecule has 12 heteroatoms. The highest BCUT2D eigenvalue weighted by atomic mass is 35.5. The van der Waals surface area contributed by atoms with Crippen LogP contribution in [-0.2, 0) is 16.0 Å². The lowest BCUT2D eigenvalue weighted by molar-refractivity contribution is -0.377. The Hall–Kier alpha value is -2.92. The van der Waals surface area contributed by atoms with Gasteiger partial charge in [0.15, 0.2) is 35.0 Å². The number of carbonyl (C=O) groups excluding carboxylic acids is 2. The molecule has 1 aliphatic heterocycles. The highest BCUT2D eigenvalue weighted by Gasteiger charge is 2.36. The number of esters is 1. The number of nitrogens with zero attached hydrogens (tertiary/aromatic N) is 1. The largest absolute Gasteiger partial charge is 0.489 e. The number of ketones is 1. The van der Waals surface area contributed by atoms with Gasteiger partial charge in [0.25, 0.3) is 0 Å². The fourth-order valence-corrected chi connectivity index (χ4v) is 6.27. The van der Waals surface area contributed by atoms with Crippen molar-refractivity contribution in [1.82, 2.24) is 4.90 Å². The monoisotopic (exact) mass is 637 g/mol. The highest BCUT2D eigenvalue weighted by Crippen LogP contribution is 2.38. The Balaban J connectivity index is 1.40. The Bertz CT molecular complexity index is 1390. The normalized spacial score (nSPS) is 17.7. The number of ether oxygens (including phenoxy) is 3. The smallest absolute Gasteiger partial charge is 0.387 e. The van der Waals surface area contributed by atoms with E-state index in [1.54, 1.807) is 53.7 Å². The molecule has 0 unspecified atom stereocenters. The number of carbonyl (C=O) groups is 2. The van der Waals surface area contributed by atoms with E-state index in [9.17, 15) is 18.4 Å². The molecule has 2 atom stereocenters. The van der Waals surface area contributed by atoms with Crippen LogP contribution in [0.3, 0.4) is 0 Å². The van der Waals surface area contributed by atoms with Crippen molar-refractivity contribution in [2.45, 2.75) is 37.4 Å². The molecule has 2 aromatic carbocycles. The van der Waals surface area contributed by atoms with Crippen LogP contribution in [0.4, 0.5) is 8.78 Å². The Morgan fingerprint density at radius 1 is 1.05 bits per heavy atom. The van der Waals surface area contributed by atoms with E-state index in [4.69, 9.17) is 32.7 Å². The molecule has 2 aliphatic rings. The zero-order valence-corrected chi connectivity index (χ0v) is 24.8. The van der Waals surface area contributed by atoms with Gasteiger partial charge in [-0.15, -0.1) is 11.8 Å². The molecule has 5 rings (SSSR count). The summed E-state index contributed by atoms with van der Waals surface area (Å²) in [5.41, 5.74) is 1.60. The molecule has 2 fully saturated rings. The van der Waals surface area contributed by atoms with Crippen LogP contribution in [0.1, 0.15) is 40.4 Å². The number of nitrogens with one attached hydrogen (secondary N) is 1. The first kappa shape index (κ1) is 30.5. The van der Waals surface area contributed by atoms with E-state index < -0.39 is 24.1 Å². The van der Waals surface area contributed by atoms with Crippen molar-refractivity contribution in [3.8, 4) is 11.5 Å². The average molecular weight is 639 g/mol. The van der Waals surface area contributed by atoms with Crippen molar-refractivity contribution in [1.29, 1.82) is 0 Å². The summed E-state index contributed by atoms with van der Waals surface area (Å²) in [5, 5.41) is -0.0179. The fraction of sp³-hybridized carbons (Fsp3) is 0.367. The summed E-state index contributed by atoms with van der Waals surface area (Å²) in [4.78, 5) is 31.1. The lowest BCUT2D eigenvalue weighted by Gasteiger charge is -2.25. The van der Waals surface area contributed by atoms with Crippen LogP contribution in [0, 0.1) is 5.92 Å². The predicted octanol–water partition coefficient (Wildman–Crippen LogP) is 6.28. The number of pyridine rings is 1. The van der Waals surface area contributed by atoms with Gasteiger partial charge in [0, 0.05) is 29.8 Å². The van der Waals surface area contributed by atoms with Crippen molar-refractivity contribution in [2.75, 3.05) is 25.4 Å². The number of rotatable bonds is 13. The maximum Gasteiger partial charge on any atom is 0.387 e. The van der Waals surface area contributed by atoms with E-state index in [0.29, 0.717) is 51.6 Å². The molecule has 1 saturated carbocycles.